The van der Waals surface area contributed by atoms with Gasteiger partial charge in [0.1, 0.15) is 10.5 Å². The van der Waals surface area contributed by atoms with E-state index in [1.807, 2.05) is 0 Å². The van der Waals surface area contributed by atoms with Crippen molar-refractivity contribution in [3.8, 4) is 0 Å². The van der Waals surface area contributed by atoms with Crippen molar-refractivity contribution in [3.05, 3.63) is 23.5 Å². The highest BCUT2D eigenvalue weighted by Crippen LogP contribution is 2.27. The van der Waals surface area contributed by atoms with E-state index in [9.17, 15) is 0 Å². The molecule has 1 aromatic heterocycles. The minimum absolute atomic E-state index is 0.431. The number of nitrogen functional groups attached to an aromatic ring is 1. The molecule has 0 aliphatic heterocycles. The molecule has 0 unspecified atom stereocenters. The summed E-state index contributed by atoms with van der Waals surface area (Å²) < 4.78 is 5.01. The summed E-state index contributed by atoms with van der Waals surface area (Å²) in [6, 6.07) is 3.47. The molecule has 0 saturated heterocycles. The van der Waals surface area contributed by atoms with Crippen molar-refractivity contribution in [3.63, 3.8) is 0 Å². The van der Waals surface area contributed by atoms with E-state index in [1.54, 1.807) is 12.1 Å². The summed E-state index contributed by atoms with van der Waals surface area (Å²) in [5.74, 6) is 0. The maximum Gasteiger partial charge on any atom is 0.182 e. The summed E-state index contributed by atoms with van der Waals surface area (Å²) in [6.07, 6.45) is 1.34. The molecule has 2 aromatic rings. The van der Waals surface area contributed by atoms with Gasteiger partial charge in [-0.3, -0.25) is 0 Å². The van der Waals surface area contributed by atoms with E-state index in [0.717, 1.165) is 5.52 Å². The van der Waals surface area contributed by atoms with Gasteiger partial charge in [-0.2, -0.15) is 0 Å². The van der Waals surface area contributed by atoms with Crippen molar-refractivity contribution in [2.24, 2.45) is 0 Å². The molecule has 2 rings (SSSR count). The Balaban J connectivity index is 2.93. The SMILES string of the molecule is Nc1ccc2ncoc2c1Cl. The van der Waals surface area contributed by atoms with Gasteiger partial charge in [0.15, 0.2) is 12.0 Å². The fourth-order valence-corrected chi connectivity index (χ4v) is 1.12. The van der Waals surface area contributed by atoms with E-state index in [2.05, 4.69) is 4.98 Å². The van der Waals surface area contributed by atoms with Crippen LogP contribution in [-0.4, -0.2) is 4.98 Å². The van der Waals surface area contributed by atoms with Gasteiger partial charge < -0.3 is 10.2 Å². The van der Waals surface area contributed by atoms with Crippen LogP contribution in [0.1, 0.15) is 0 Å². The van der Waals surface area contributed by atoms with Crippen LogP contribution in [0.4, 0.5) is 5.69 Å². The number of hydrogen-bond donors (Lipinski definition) is 1. The molecule has 0 aliphatic carbocycles. The molecule has 0 amide bonds. The highest BCUT2D eigenvalue weighted by molar-refractivity contribution is 6.37. The number of hydrogen-bond acceptors (Lipinski definition) is 3. The zero-order valence-electron chi connectivity index (χ0n) is 5.54. The summed E-state index contributed by atoms with van der Waals surface area (Å²) >= 11 is 5.81. The van der Waals surface area contributed by atoms with Crippen molar-refractivity contribution >= 4 is 28.4 Å². The molecule has 0 fully saturated rings. The fraction of sp³-hybridized carbons (Fsp3) is 0. The van der Waals surface area contributed by atoms with Gasteiger partial charge in [0, 0.05) is 0 Å². The van der Waals surface area contributed by atoms with E-state index in [1.165, 1.54) is 6.39 Å². The molecule has 0 spiro atoms. The van der Waals surface area contributed by atoms with Crippen LogP contribution in [0.25, 0.3) is 11.1 Å². The van der Waals surface area contributed by atoms with Crippen LogP contribution >= 0.6 is 11.6 Å². The standard InChI is InChI=1S/C7H5ClN2O/c8-6-4(9)1-2-5-7(6)11-3-10-5/h1-3H,9H2. The predicted molar refractivity (Wildman–Crippen MR) is 43.4 cm³/mol. The van der Waals surface area contributed by atoms with Crippen LogP contribution in [0.15, 0.2) is 22.9 Å². The van der Waals surface area contributed by atoms with E-state index in [0.29, 0.717) is 16.3 Å². The monoisotopic (exact) mass is 168 g/mol. The van der Waals surface area contributed by atoms with Crippen molar-refractivity contribution in [2.75, 3.05) is 5.73 Å². The zero-order valence-corrected chi connectivity index (χ0v) is 6.30. The quantitative estimate of drug-likeness (QED) is 0.613. The average molecular weight is 169 g/mol. The molecule has 4 heteroatoms. The largest absolute Gasteiger partial charge is 0.442 e. The molecular weight excluding hydrogens is 164 g/mol. The maximum atomic E-state index is 5.81. The number of aromatic nitrogens is 1. The van der Waals surface area contributed by atoms with Crippen LogP contribution in [0.3, 0.4) is 0 Å². The first-order chi connectivity index (χ1) is 5.29. The van der Waals surface area contributed by atoms with Gasteiger partial charge in [0.25, 0.3) is 0 Å². The molecule has 1 aromatic carbocycles. The lowest BCUT2D eigenvalue weighted by Crippen LogP contribution is -1.84. The van der Waals surface area contributed by atoms with Gasteiger partial charge in [-0.05, 0) is 12.1 Å². The average Bonchev–Trinajstić information content (AvgIpc) is 2.45. The lowest BCUT2D eigenvalue weighted by molar-refractivity contribution is 0.602. The maximum absolute atomic E-state index is 5.81. The minimum Gasteiger partial charge on any atom is -0.442 e. The van der Waals surface area contributed by atoms with Gasteiger partial charge in [-0.1, -0.05) is 11.6 Å². The van der Waals surface area contributed by atoms with Crippen LogP contribution in [0, 0.1) is 0 Å². The Bertz CT molecular complexity index is 396. The van der Waals surface area contributed by atoms with E-state index >= 15 is 0 Å². The minimum atomic E-state index is 0.431. The summed E-state index contributed by atoms with van der Waals surface area (Å²) in [5.41, 5.74) is 7.31. The van der Waals surface area contributed by atoms with Crippen LogP contribution in [0.5, 0.6) is 0 Å². The molecule has 11 heavy (non-hydrogen) atoms. The Kier molecular flexibility index (Phi) is 1.26. The van der Waals surface area contributed by atoms with Crippen molar-refractivity contribution in [1.82, 2.24) is 4.98 Å². The van der Waals surface area contributed by atoms with Crippen LogP contribution in [0.2, 0.25) is 5.02 Å². The topological polar surface area (TPSA) is 52.0 Å². The Labute approximate surface area is 67.8 Å². The second-order valence-corrected chi connectivity index (χ2v) is 2.55. The van der Waals surface area contributed by atoms with Gasteiger partial charge >= 0.3 is 0 Å². The number of halogens is 1. The van der Waals surface area contributed by atoms with E-state index < -0.39 is 0 Å². The van der Waals surface area contributed by atoms with Gasteiger partial charge in [-0.25, -0.2) is 4.98 Å². The Hall–Kier alpha value is -1.22. The second-order valence-electron chi connectivity index (χ2n) is 2.17. The predicted octanol–water partition coefficient (Wildman–Crippen LogP) is 2.06. The molecule has 0 aliphatic rings. The smallest absolute Gasteiger partial charge is 0.182 e. The van der Waals surface area contributed by atoms with Crippen molar-refractivity contribution in [1.29, 1.82) is 0 Å². The third kappa shape index (κ3) is 0.851. The first-order valence-electron chi connectivity index (χ1n) is 3.06. The number of nitrogens with zero attached hydrogens (tertiary/aromatic N) is 1. The fourth-order valence-electron chi connectivity index (χ4n) is 0.911. The molecule has 56 valence electrons. The first-order valence-corrected chi connectivity index (χ1v) is 3.44. The molecule has 1 heterocycles. The number of oxazole rings is 1. The molecule has 0 atom stereocenters. The molecule has 2 N–H and O–H groups in total. The summed E-state index contributed by atoms with van der Waals surface area (Å²) in [5, 5.41) is 0.431. The zero-order chi connectivity index (χ0) is 7.84. The third-order valence-electron chi connectivity index (χ3n) is 1.47. The highest BCUT2D eigenvalue weighted by atomic mass is 35.5. The molecule has 3 nitrogen and oxygen atoms in total. The lowest BCUT2D eigenvalue weighted by atomic mass is 10.3. The summed E-state index contributed by atoms with van der Waals surface area (Å²) in [6.45, 7) is 0. The van der Waals surface area contributed by atoms with Gasteiger partial charge in [0.2, 0.25) is 0 Å². The number of anilines is 1. The Morgan fingerprint density at radius 2 is 2.27 bits per heavy atom. The Morgan fingerprint density at radius 3 is 3.09 bits per heavy atom. The molecule has 0 bridgehead atoms. The van der Waals surface area contributed by atoms with Crippen molar-refractivity contribution in [2.45, 2.75) is 0 Å². The molecular formula is C7H5ClN2O. The van der Waals surface area contributed by atoms with Crippen LogP contribution in [-0.2, 0) is 0 Å². The number of nitrogens with two attached hydrogens (primary N) is 1. The third-order valence-corrected chi connectivity index (χ3v) is 1.86. The first kappa shape index (κ1) is 6.49. The highest BCUT2D eigenvalue weighted by Gasteiger charge is 2.05. The Morgan fingerprint density at radius 1 is 1.45 bits per heavy atom. The summed E-state index contributed by atoms with van der Waals surface area (Å²) in [7, 11) is 0. The van der Waals surface area contributed by atoms with Gasteiger partial charge in [0.05, 0.1) is 5.69 Å². The summed E-state index contributed by atoms with van der Waals surface area (Å²) in [4.78, 5) is 3.91. The van der Waals surface area contributed by atoms with E-state index in [4.69, 9.17) is 21.8 Å². The van der Waals surface area contributed by atoms with Crippen molar-refractivity contribution < 1.29 is 4.42 Å². The second kappa shape index (κ2) is 2.13. The van der Waals surface area contributed by atoms with Gasteiger partial charge in [-0.15, -0.1) is 0 Å². The normalized spacial score (nSPS) is 10.6. The van der Waals surface area contributed by atoms with E-state index in [-0.39, 0.29) is 0 Å². The number of fused-ring (bicyclic) bond motifs is 1. The molecule has 0 saturated carbocycles. The lowest BCUT2D eigenvalue weighted by Gasteiger charge is -1.94. The molecule has 0 radical (unpaired) electrons. The van der Waals surface area contributed by atoms with Crippen LogP contribution < -0.4 is 5.73 Å². The number of rotatable bonds is 0. The number of benzene rings is 1.